The van der Waals surface area contributed by atoms with Gasteiger partial charge < -0.3 is 28.8 Å². The number of hydrogen-bond acceptors (Lipinski definition) is 6. The molecule has 0 radical (unpaired) electrons. The van der Waals surface area contributed by atoms with E-state index in [1.165, 1.54) is 24.0 Å². The summed E-state index contributed by atoms with van der Waals surface area (Å²) in [6, 6.07) is 53.0. The average Bonchev–Trinajstić information content (AvgIpc) is 4.12. The van der Waals surface area contributed by atoms with Crippen LogP contribution < -0.4 is 4.74 Å². The molecule has 0 aromatic heterocycles. The number of ether oxygens (including phenoxy) is 5. The van der Waals surface area contributed by atoms with E-state index in [0.29, 0.717) is 42.4 Å². The van der Waals surface area contributed by atoms with Gasteiger partial charge in [-0.05, 0) is 94.3 Å². The quantitative estimate of drug-likeness (QED) is 0.0932. The second kappa shape index (κ2) is 18.5. The number of aliphatic hydroxyl groups is 1. The first-order valence-corrected chi connectivity index (χ1v) is 20.3. The van der Waals surface area contributed by atoms with Crippen LogP contribution in [0.15, 0.2) is 170 Å². The van der Waals surface area contributed by atoms with Crippen molar-refractivity contribution in [3.05, 3.63) is 220 Å². The Bertz CT molecular complexity index is 2220. The van der Waals surface area contributed by atoms with Crippen molar-refractivity contribution in [3.63, 3.8) is 0 Å². The third kappa shape index (κ3) is 9.67. The molecule has 1 aliphatic carbocycles. The molecule has 6 aromatic carbocycles. The molecule has 6 heteroatoms. The van der Waals surface area contributed by atoms with Gasteiger partial charge in [-0.2, -0.15) is 0 Å². The number of aryl methyl sites for hydroxylation is 1. The lowest BCUT2D eigenvalue weighted by Crippen LogP contribution is -2.59. The molecule has 1 N–H and O–H groups in total. The van der Waals surface area contributed by atoms with E-state index in [1.54, 1.807) is 0 Å². The predicted molar refractivity (Wildman–Crippen MR) is 227 cm³/mol. The third-order valence-corrected chi connectivity index (χ3v) is 11.2. The fraction of sp³-hybridized carbons (Fsp3) is 0.269. The molecule has 6 aromatic rings. The minimum atomic E-state index is -2.05. The summed E-state index contributed by atoms with van der Waals surface area (Å²) >= 11 is 0. The molecule has 1 saturated carbocycles. The maximum Gasteiger partial charge on any atom is 0.226 e. The maximum atomic E-state index is 13.5. The minimum Gasteiger partial charge on any atom is -0.488 e. The van der Waals surface area contributed by atoms with Crippen molar-refractivity contribution >= 4 is 0 Å². The molecule has 2 aliphatic rings. The van der Waals surface area contributed by atoms with Gasteiger partial charge in [-0.1, -0.05) is 152 Å². The van der Waals surface area contributed by atoms with Gasteiger partial charge in [0.2, 0.25) is 5.79 Å². The van der Waals surface area contributed by atoms with Crippen LogP contribution in [0.25, 0.3) is 0 Å². The molecule has 2 fully saturated rings. The fourth-order valence-corrected chi connectivity index (χ4v) is 7.67. The van der Waals surface area contributed by atoms with Crippen molar-refractivity contribution in [2.45, 2.75) is 82.6 Å². The lowest BCUT2D eigenvalue weighted by atomic mass is 9.84. The van der Waals surface area contributed by atoms with Gasteiger partial charge in [0.05, 0.1) is 32.0 Å². The van der Waals surface area contributed by atoms with Gasteiger partial charge >= 0.3 is 0 Å². The summed E-state index contributed by atoms with van der Waals surface area (Å²) in [6.07, 6.45) is 0.626. The van der Waals surface area contributed by atoms with Gasteiger partial charge in [-0.25, -0.2) is 0 Å². The molecule has 58 heavy (non-hydrogen) atoms. The minimum absolute atomic E-state index is 0.138. The van der Waals surface area contributed by atoms with Crippen LogP contribution in [0.2, 0.25) is 0 Å². The standard InChI is InChI=1S/C52H52O6/c1-37-29-48(55-33-41-17-9-4-10-18-41)47(31-46(37)30-39-23-25-44(26-24-39)45-27-28-45)52(53)51(57-35-43-21-13-6-14-22-43)50(56-34-42-19-11-5-12-20-42)38(2)49(58-52)36-54-32-40-15-7-3-8-16-40/h3-26,29,31,45,49-51,53H,2,27-28,30,32-36H2,1H3/t49-,50+,51-,52?/m1/s1. The first-order chi connectivity index (χ1) is 28.4. The zero-order valence-electron chi connectivity index (χ0n) is 33.2. The topological polar surface area (TPSA) is 66.4 Å². The molecule has 1 aliphatic heterocycles. The van der Waals surface area contributed by atoms with Gasteiger partial charge in [-0.15, -0.1) is 0 Å². The smallest absolute Gasteiger partial charge is 0.226 e. The van der Waals surface area contributed by atoms with Crippen LogP contribution in [0.5, 0.6) is 5.75 Å². The second-order valence-electron chi connectivity index (χ2n) is 15.6. The van der Waals surface area contributed by atoms with Crippen molar-refractivity contribution < 1.29 is 28.8 Å². The van der Waals surface area contributed by atoms with Crippen molar-refractivity contribution in [2.75, 3.05) is 6.61 Å². The van der Waals surface area contributed by atoms with E-state index in [1.807, 2.05) is 133 Å². The monoisotopic (exact) mass is 772 g/mol. The Kier molecular flexibility index (Phi) is 12.6. The van der Waals surface area contributed by atoms with Gasteiger partial charge in [-0.3, -0.25) is 0 Å². The molecule has 6 nitrogen and oxygen atoms in total. The lowest BCUT2D eigenvalue weighted by molar-refractivity contribution is -0.335. The zero-order chi connectivity index (χ0) is 39.7. The van der Waals surface area contributed by atoms with Crippen LogP contribution in [0, 0.1) is 6.92 Å². The predicted octanol–water partition coefficient (Wildman–Crippen LogP) is 10.5. The van der Waals surface area contributed by atoms with Crippen LogP contribution in [0.1, 0.15) is 68.8 Å². The SMILES string of the molecule is C=C1[C@@H](COCc2ccccc2)OC(O)(c2cc(Cc3ccc(C4CC4)cc3)c(C)cc2OCc2ccccc2)[C@H](OCc2ccccc2)[C@H]1OCc1ccccc1. The Labute approximate surface area is 342 Å². The van der Waals surface area contributed by atoms with Crippen molar-refractivity contribution in [3.8, 4) is 5.75 Å². The average molecular weight is 773 g/mol. The highest BCUT2D eigenvalue weighted by atomic mass is 16.7. The Hall–Kier alpha value is -5.34. The molecular formula is C52H52O6. The Morgan fingerprint density at radius 3 is 1.74 bits per heavy atom. The summed E-state index contributed by atoms with van der Waals surface area (Å²) < 4.78 is 33.5. The number of hydrogen-bond donors (Lipinski definition) is 1. The molecule has 1 heterocycles. The van der Waals surface area contributed by atoms with Crippen molar-refractivity contribution in [1.29, 1.82) is 0 Å². The van der Waals surface area contributed by atoms with E-state index in [2.05, 4.69) is 37.8 Å². The second-order valence-corrected chi connectivity index (χ2v) is 15.6. The van der Waals surface area contributed by atoms with Crippen LogP contribution in [0.4, 0.5) is 0 Å². The summed E-state index contributed by atoms with van der Waals surface area (Å²) in [5.74, 6) is -0.865. The highest BCUT2D eigenvalue weighted by Crippen LogP contribution is 2.46. The van der Waals surface area contributed by atoms with Crippen LogP contribution in [-0.4, -0.2) is 30.0 Å². The first kappa shape index (κ1) is 39.5. The largest absolute Gasteiger partial charge is 0.488 e. The highest BCUT2D eigenvalue weighted by molar-refractivity contribution is 5.48. The molecule has 0 spiro atoms. The number of rotatable bonds is 17. The first-order valence-electron chi connectivity index (χ1n) is 20.3. The molecule has 296 valence electrons. The fourth-order valence-electron chi connectivity index (χ4n) is 7.67. The lowest BCUT2D eigenvalue weighted by Gasteiger charge is -2.48. The van der Waals surface area contributed by atoms with E-state index in [9.17, 15) is 5.11 Å². The number of benzene rings is 6. The van der Waals surface area contributed by atoms with Gasteiger partial charge in [0, 0.05) is 0 Å². The zero-order valence-corrected chi connectivity index (χ0v) is 33.2. The van der Waals surface area contributed by atoms with E-state index in [0.717, 1.165) is 33.4 Å². The molecule has 8 rings (SSSR count). The van der Waals surface area contributed by atoms with E-state index in [4.69, 9.17) is 23.7 Å². The van der Waals surface area contributed by atoms with E-state index in [-0.39, 0.29) is 19.8 Å². The Balaban J connectivity index is 1.20. The van der Waals surface area contributed by atoms with Crippen LogP contribution in [-0.2, 0) is 57.6 Å². The van der Waals surface area contributed by atoms with Crippen LogP contribution in [0.3, 0.4) is 0 Å². The summed E-state index contributed by atoms with van der Waals surface area (Å²) in [5.41, 5.74) is 9.74. The summed E-state index contributed by atoms with van der Waals surface area (Å²) in [4.78, 5) is 0. The molecule has 4 atom stereocenters. The van der Waals surface area contributed by atoms with E-state index >= 15 is 0 Å². The van der Waals surface area contributed by atoms with E-state index < -0.39 is 24.1 Å². The van der Waals surface area contributed by atoms with Crippen molar-refractivity contribution in [1.82, 2.24) is 0 Å². The maximum absolute atomic E-state index is 13.5. The van der Waals surface area contributed by atoms with Gasteiger partial charge in [0.25, 0.3) is 0 Å². The Morgan fingerprint density at radius 2 is 1.17 bits per heavy atom. The molecule has 1 unspecified atom stereocenters. The van der Waals surface area contributed by atoms with Gasteiger partial charge in [0.1, 0.15) is 30.7 Å². The highest BCUT2D eigenvalue weighted by Gasteiger charge is 2.55. The molecule has 1 saturated heterocycles. The summed E-state index contributed by atoms with van der Waals surface area (Å²) in [7, 11) is 0. The molecule has 0 amide bonds. The van der Waals surface area contributed by atoms with Crippen LogP contribution >= 0.6 is 0 Å². The Morgan fingerprint density at radius 1 is 0.638 bits per heavy atom. The molecular weight excluding hydrogens is 721 g/mol. The molecule has 0 bridgehead atoms. The van der Waals surface area contributed by atoms with Gasteiger partial charge in [0.15, 0.2) is 0 Å². The summed E-state index contributed by atoms with van der Waals surface area (Å²) in [5, 5.41) is 13.5. The normalized spacial score (nSPS) is 20.5. The summed E-state index contributed by atoms with van der Waals surface area (Å²) in [6.45, 7) is 7.92. The third-order valence-electron chi connectivity index (χ3n) is 11.2. The van der Waals surface area contributed by atoms with Crippen molar-refractivity contribution in [2.24, 2.45) is 0 Å².